The van der Waals surface area contributed by atoms with E-state index in [0.717, 1.165) is 5.69 Å². The zero-order valence-corrected chi connectivity index (χ0v) is 8.15. The number of nitrogens with zero attached hydrogens (tertiary/aromatic N) is 1. The fourth-order valence-electron chi connectivity index (χ4n) is 0.878. The van der Waals surface area contributed by atoms with Crippen LogP contribution in [0.25, 0.3) is 0 Å². The van der Waals surface area contributed by atoms with Gasteiger partial charge in [-0.15, -0.1) is 11.3 Å². The van der Waals surface area contributed by atoms with Crippen LogP contribution in [0, 0.1) is 0 Å². The molecule has 74 valence electrons. The van der Waals surface area contributed by atoms with E-state index in [1.54, 1.807) is 5.51 Å². The Morgan fingerprint density at radius 1 is 1.62 bits per heavy atom. The van der Waals surface area contributed by atoms with Crippen molar-refractivity contribution in [3.63, 3.8) is 0 Å². The average Bonchev–Trinajstić information content (AvgIpc) is 2.56. The summed E-state index contributed by atoms with van der Waals surface area (Å²) in [4.78, 5) is 4.05. The van der Waals surface area contributed by atoms with Crippen LogP contribution in [0.4, 0.5) is 8.78 Å². The Morgan fingerprint density at radius 3 is 2.92 bits per heavy atom. The number of alkyl halides is 2. The topological polar surface area (TPSA) is 24.9 Å². The van der Waals surface area contributed by atoms with Crippen molar-refractivity contribution in [1.82, 2.24) is 10.3 Å². The van der Waals surface area contributed by atoms with Crippen LogP contribution in [-0.2, 0) is 6.42 Å². The molecule has 1 rings (SSSR count). The minimum absolute atomic E-state index is 0.551. The third-order valence-electron chi connectivity index (χ3n) is 1.71. The molecule has 0 aliphatic heterocycles. The van der Waals surface area contributed by atoms with Gasteiger partial charge in [-0.25, -0.2) is 13.8 Å². The summed E-state index contributed by atoms with van der Waals surface area (Å²) >= 11 is 1.52. The summed E-state index contributed by atoms with van der Waals surface area (Å²) in [5, 5.41) is 4.66. The Balaban J connectivity index is 2.14. The van der Waals surface area contributed by atoms with Crippen LogP contribution in [0.5, 0.6) is 0 Å². The monoisotopic (exact) mass is 206 g/mol. The van der Waals surface area contributed by atoms with Crippen molar-refractivity contribution in [2.45, 2.75) is 25.8 Å². The Bertz CT molecular complexity index is 226. The number of hydrogen-bond donors (Lipinski definition) is 1. The molecule has 1 unspecified atom stereocenters. The molecule has 1 atom stereocenters. The maximum absolute atomic E-state index is 12.0. The quantitative estimate of drug-likeness (QED) is 0.796. The Kier molecular flexibility index (Phi) is 4.24. The van der Waals surface area contributed by atoms with E-state index in [1.807, 2.05) is 5.38 Å². The molecular weight excluding hydrogens is 194 g/mol. The van der Waals surface area contributed by atoms with Crippen LogP contribution in [0.15, 0.2) is 10.9 Å². The summed E-state index contributed by atoms with van der Waals surface area (Å²) in [6.45, 7) is 2.03. The lowest BCUT2D eigenvalue weighted by atomic mass is 10.3. The van der Waals surface area contributed by atoms with E-state index in [4.69, 9.17) is 0 Å². The summed E-state index contributed by atoms with van der Waals surface area (Å²) in [5.74, 6) is 0. The molecule has 1 aromatic heterocycles. The summed E-state index contributed by atoms with van der Waals surface area (Å²) in [7, 11) is 0. The standard InChI is InChI=1S/C8H12F2N2S/c1-6(8(9)10)11-3-2-7-4-13-5-12-7/h4-6,8,11H,2-3H2,1H3. The first kappa shape index (κ1) is 10.5. The van der Waals surface area contributed by atoms with E-state index >= 15 is 0 Å². The smallest absolute Gasteiger partial charge is 0.253 e. The summed E-state index contributed by atoms with van der Waals surface area (Å²) in [6, 6.07) is -0.737. The van der Waals surface area contributed by atoms with E-state index in [0.29, 0.717) is 13.0 Å². The Morgan fingerprint density at radius 2 is 2.38 bits per heavy atom. The highest BCUT2D eigenvalue weighted by atomic mass is 32.1. The maximum atomic E-state index is 12.0. The van der Waals surface area contributed by atoms with Gasteiger partial charge >= 0.3 is 0 Å². The van der Waals surface area contributed by atoms with Crippen molar-refractivity contribution >= 4 is 11.3 Å². The zero-order chi connectivity index (χ0) is 9.68. The van der Waals surface area contributed by atoms with Gasteiger partial charge in [0.1, 0.15) is 0 Å². The van der Waals surface area contributed by atoms with Gasteiger partial charge in [-0.1, -0.05) is 0 Å². The highest BCUT2D eigenvalue weighted by molar-refractivity contribution is 7.07. The lowest BCUT2D eigenvalue weighted by Crippen LogP contribution is -2.34. The summed E-state index contributed by atoms with van der Waals surface area (Å²) < 4.78 is 24.0. The molecule has 0 saturated heterocycles. The van der Waals surface area contributed by atoms with Crippen molar-refractivity contribution in [3.8, 4) is 0 Å². The first-order chi connectivity index (χ1) is 6.20. The Hall–Kier alpha value is -0.550. The third kappa shape index (κ3) is 3.78. The second-order valence-electron chi connectivity index (χ2n) is 2.81. The van der Waals surface area contributed by atoms with E-state index in [2.05, 4.69) is 10.3 Å². The van der Waals surface area contributed by atoms with E-state index in [9.17, 15) is 8.78 Å². The second-order valence-corrected chi connectivity index (χ2v) is 3.53. The fourth-order valence-corrected chi connectivity index (χ4v) is 1.47. The van der Waals surface area contributed by atoms with Gasteiger partial charge in [-0.3, -0.25) is 0 Å². The van der Waals surface area contributed by atoms with Crippen LogP contribution >= 0.6 is 11.3 Å². The van der Waals surface area contributed by atoms with E-state index in [1.165, 1.54) is 18.3 Å². The van der Waals surface area contributed by atoms with Crippen molar-refractivity contribution < 1.29 is 8.78 Å². The number of halogens is 2. The number of aromatic nitrogens is 1. The van der Waals surface area contributed by atoms with Crippen molar-refractivity contribution in [3.05, 3.63) is 16.6 Å². The van der Waals surface area contributed by atoms with Crippen LogP contribution < -0.4 is 5.32 Å². The molecule has 0 amide bonds. The maximum Gasteiger partial charge on any atom is 0.253 e. The first-order valence-corrected chi connectivity index (χ1v) is 5.03. The molecule has 0 aliphatic carbocycles. The first-order valence-electron chi connectivity index (χ1n) is 4.08. The van der Waals surface area contributed by atoms with Gasteiger partial charge in [0.05, 0.1) is 17.2 Å². The van der Waals surface area contributed by atoms with Crippen molar-refractivity contribution in [2.75, 3.05) is 6.54 Å². The molecule has 0 aromatic carbocycles. The number of nitrogens with one attached hydrogen (secondary N) is 1. The lowest BCUT2D eigenvalue weighted by molar-refractivity contribution is 0.106. The molecule has 1 heterocycles. The molecule has 0 radical (unpaired) electrons. The van der Waals surface area contributed by atoms with Crippen molar-refractivity contribution in [2.24, 2.45) is 0 Å². The third-order valence-corrected chi connectivity index (χ3v) is 2.34. The van der Waals surface area contributed by atoms with Crippen LogP contribution in [0.1, 0.15) is 12.6 Å². The molecule has 0 spiro atoms. The zero-order valence-electron chi connectivity index (χ0n) is 7.34. The number of hydrogen-bond acceptors (Lipinski definition) is 3. The van der Waals surface area contributed by atoms with Crippen LogP contribution in [0.3, 0.4) is 0 Å². The summed E-state index contributed by atoms with van der Waals surface area (Å²) in [5.41, 5.74) is 2.70. The minimum Gasteiger partial charge on any atom is -0.309 e. The lowest BCUT2D eigenvalue weighted by Gasteiger charge is -2.11. The normalized spacial score (nSPS) is 13.5. The molecule has 5 heteroatoms. The Labute approximate surface area is 80.0 Å². The molecule has 0 bridgehead atoms. The van der Waals surface area contributed by atoms with Crippen molar-refractivity contribution in [1.29, 1.82) is 0 Å². The highest BCUT2D eigenvalue weighted by Crippen LogP contribution is 2.02. The predicted octanol–water partition coefficient (Wildman–Crippen LogP) is 1.93. The van der Waals surface area contributed by atoms with Crippen LogP contribution in [-0.4, -0.2) is 24.0 Å². The molecule has 0 saturated carbocycles. The van der Waals surface area contributed by atoms with Gasteiger partial charge in [0.25, 0.3) is 6.43 Å². The second kappa shape index (κ2) is 5.24. The molecule has 0 fully saturated rings. The molecule has 0 aliphatic rings. The largest absolute Gasteiger partial charge is 0.309 e. The van der Waals surface area contributed by atoms with Gasteiger partial charge in [-0.05, 0) is 6.92 Å². The number of rotatable bonds is 5. The van der Waals surface area contributed by atoms with Gasteiger partial charge in [0.15, 0.2) is 0 Å². The van der Waals surface area contributed by atoms with E-state index < -0.39 is 12.5 Å². The number of thiazole rings is 1. The molecule has 2 nitrogen and oxygen atoms in total. The molecule has 13 heavy (non-hydrogen) atoms. The fraction of sp³-hybridized carbons (Fsp3) is 0.625. The van der Waals surface area contributed by atoms with Gasteiger partial charge in [-0.2, -0.15) is 0 Å². The molecular formula is C8H12F2N2S. The molecule has 1 N–H and O–H groups in total. The predicted molar refractivity (Wildman–Crippen MR) is 49.3 cm³/mol. The van der Waals surface area contributed by atoms with Gasteiger partial charge in [0.2, 0.25) is 0 Å². The van der Waals surface area contributed by atoms with Crippen LogP contribution in [0.2, 0.25) is 0 Å². The summed E-state index contributed by atoms with van der Waals surface area (Å²) in [6.07, 6.45) is -1.59. The minimum atomic E-state index is -2.30. The average molecular weight is 206 g/mol. The molecule has 1 aromatic rings. The van der Waals surface area contributed by atoms with Gasteiger partial charge < -0.3 is 5.32 Å². The van der Waals surface area contributed by atoms with Gasteiger partial charge in [0, 0.05) is 18.3 Å². The highest BCUT2D eigenvalue weighted by Gasteiger charge is 2.12. The van der Waals surface area contributed by atoms with E-state index in [-0.39, 0.29) is 0 Å². The SMILES string of the molecule is CC(NCCc1cscn1)C(F)F.